The largest absolute Gasteiger partial charge is 0.457 e. The molecule has 0 spiro atoms. The minimum absolute atomic E-state index is 0.336. The van der Waals surface area contributed by atoms with E-state index in [-0.39, 0.29) is 0 Å². The van der Waals surface area contributed by atoms with Gasteiger partial charge in [-0.2, -0.15) is 10.4 Å². The van der Waals surface area contributed by atoms with E-state index in [1.165, 1.54) is 0 Å². The quantitative estimate of drug-likeness (QED) is 0.109. The third-order valence-corrected chi connectivity index (χ3v) is 9.58. The predicted octanol–water partition coefficient (Wildman–Crippen LogP) is 11.6. The lowest BCUT2D eigenvalue weighted by molar-refractivity contribution is 0.482. The molecule has 7 N–H and O–H groups in total. The number of nitrogens with two attached hydrogens (primary N) is 3. The molecule has 0 unspecified atom stereocenters. The maximum absolute atomic E-state index is 9.59. The molecule has 10 nitrogen and oxygen atoms in total. The average molecular weight is 791 g/mol. The molecule has 0 fully saturated rings. The molecule has 3 heterocycles. The highest BCUT2D eigenvalue weighted by Gasteiger charge is 2.16. The number of aromatic amines is 1. The summed E-state index contributed by atoms with van der Waals surface area (Å²) in [6.07, 6.45) is 0. The van der Waals surface area contributed by atoms with E-state index in [2.05, 4.69) is 16.3 Å². The number of benzene rings is 6. The number of para-hydroxylation sites is 2. The molecular formula is C48H35ClN8O2. The Morgan fingerprint density at radius 1 is 0.508 bits per heavy atom. The summed E-state index contributed by atoms with van der Waals surface area (Å²) in [4.78, 5) is 9.60. The Morgan fingerprint density at radius 2 is 0.932 bits per heavy atom. The Bertz CT molecular complexity index is 2900. The van der Waals surface area contributed by atoms with Gasteiger partial charge in [0.25, 0.3) is 0 Å². The van der Waals surface area contributed by atoms with Gasteiger partial charge in [-0.15, -0.1) is 0 Å². The van der Waals surface area contributed by atoms with Crippen molar-refractivity contribution in [2.24, 2.45) is 0 Å². The van der Waals surface area contributed by atoms with Crippen molar-refractivity contribution in [3.05, 3.63) is 180 Å². The van der Waals surface area contributed by atoms with Crippen LogP contribution in [0.1, 0.15) is 5.56 Å². The summed E-state index contributed by atoms with van der Waals surface area (Å²) < 4.78 is 11.7. The van der Waals surface area contributed by atoms with E-state index >= 15 is 0 Å². The van der Waals surface area contributed by atoms with Crippen molar-refractivity contribution < 1.29 is 9.47 Å². The Balaban J connectivity index is 0.000000164. The van der Waals surface area contributed by atoms with Crippen LogP contribution >= 0.6 is 11.6 Å². The molecule has 0 saturated heterocycles. The topological polar surface area (TPSA) is 175 Å². The summed E-state index contributed by atoms with van der Waals surface area (Å²) in [7, 11) is 0. The molecule has 9 rings (SSSR count). The fourth-order valence-corrected chi connectivity index (χ4v) is 6.56. The van der Waals surface area contributed by atoms with Crippen LogP contribution in [0.25, 0.3) is 55.9 Å². The normalized spacial score (nSPS) is 10.6. The maximum atomic E-state index is 9.59. The van der Waals surface area contributed by atoms with Gasteiger partial charge in [-0.1, -0.05) is 72.3 Å². The molecule has 0 radical (unpaired) electrons. The highest BCUT2D eigenvalue weighted by molar-refractivity contribution is 6.32. The molecule has 0 aliphatic carbocycles. The number of halogens is 1. The van der Waals surface area contributed by atoms with Crippen LogP contribution in [0.5, 0.6) is 23.0 Å². The van der Waals surface area contributed by atoms with Crippen LogP contribution in [0.2, 0.25) is 5.02 Å². The molecule has 0 aliphatic rings. The Morgan fingerprint density at radius 3 is 1.42 bits per heavy atom. The van der Waals surface area contributed by atoms with Crippen LogP contribution in [0.4, 0.5) is 17.2 Å². The average Bonchev–Trinajstić information content (AvgIpc) is 3.65. The summed E-state index contributed by atoms with van der Waals surface area (Å²) in [5, 5.41) is 17.9. The molecule has 0 atom stereocenters. The minimum atomic E-state index is 0.336. The van der Waals surface area contributed by atoms with Crippen molar-refractivity contribution in [2.45, 2.75) is 0 Å². The van der Waals surface area contributed by atoms with Crippen LogP contribution in [-0.4, -0.2) is 20.2 Å². The van der Waals surface area contributed by atoms with Crippen LogP contribution in [-0.2, 0) is 0 Å². The Labute approximate surface area is 345 Å². The zero-order valence-electron chi connectivity index (χ0n) is 31.4. The van der Waals surface area contributed by atoms with Crippen molar-refractivity contribution >= 4 is 39.7 Å². The van der Waals surface area contributed by atoms with E-state index in [0.717, 1.165) is 61.8 Å². The second kappa shape index (κ2) is 16.9. The minimum Gasteiger partial charge on any atom is -0.457 e. The molecule has 9 aromatic rings. The third-order valence-electron chi connectivity index (χ3n) is 9.28. The lowest BCUT2D eigenvalue weighted by atomic mass is 10.0. The first-order chi connectivity index (χ1) is 28.8. The SMILES string of the molecule is N#Cc1c(Cl)cc(-c2ccc(N)cc2)nc1-c1ccc(Oc2ccccc2)cc1.Nc1ccc(-c2cc3[nH]nc(N)c3c(-c3ccc(Oc4ccccc4)cc3)n2)cc1. The molecular weight excluding hydrogens is 756 g/mol. The smallest absolute Gasteiger partial charge is 0.155 e. The van der Waals surface area contributed by atoms with Crippen molar-refractivity contribution in [1.82, 2.24) is 20.2 Å². The monoisotopic (exact) mass is 790 g/mol. The molecule has 3 aromatic heterocycles. The summed E-state index contributed by atoms with van der Waals surface area (Å²) in [5.41, 5.74) is 26.6. The van der Waals surface area contributed by atoms with Crippen molar-refractivity contribution in [3.63, 3.8) is 0 Å². The number of pyridine rings is 2. The first-order valence-corrected chi connectivity index (χ1v) is 18.8. The Kier molecular flexibility index (Phi) is 10.8. The lowest BCUT2D eigenvalue weighted by Gasteiger charge is -2.11. The number of fused-ring (bicyclic) bond motifs is 1. The summed E-state index contributed by atoms with van der Waals surface area (Å²) in [6, 6.07) is 55.2. The van der Waals surface area contributed by atoms with E-state index < -0.39 is 0 Å². The molecule has 11 heteroatoms. The van der Waals surface area contributed by atoms with Gasteiger partial charge < -0.3 is 26.7 Å². The number of ether oxygens (including phenoxy) is 2. The second-order valence-electron chi connectivity index (χ2n) is 13.3. The van der Waals surface area contributed by atoms with E-state index in [1.54, 1.807) is 18.2 Å². The molecule has 0 aliphatic heterocycles. The number of hydrogen-bond acceptors (Lipinski definition) is 9. The van der Waals surface area contributed by atoms with Crippen LogP contribution in [0.3, 0.4) is 0 Å². The standard InChI is InChI=1S/C24H16ClN3O.C24H19N5O/c25-22-14-23(16-6-10-18(27)11-7-16)28-24(21(22)15-26)17-8-12-20(13-9-17)29-19-4-2-1-3-5-19;25-17-10-6-15(7-11-17)20-14-21-22(24(26)29-28-21)23(27-20)16-8-12-19(13-9-16)30-18-4-2-1-3-5-18/h1-14H,27H2;1-14H,25H2,(H3,26,28,29). The van der Waals surface area contributed by atoms with Gasteiger partial charge in [0, 0.05) is 33.6 Å². The van der Waals surface area contributed by atoms with Gasteiger partial charge in [0.15, 0.2) is 5.82 Å². The highest BCUT2D eigenvalue weighted by atomic mass is 35.5. The van der Waals surface area contributed by atoms with Gasteiger partial charge in [-0.25, -0.2) is 9.97 Å². The van der Waals surface area contributed by atoms with Gasteiger partial charge in [0.2, 0.25) is 0 Å². The number of hydrogen-bond donors (Lipinski definition) is 4. The van der Waals surface area contributed by atoms with Crippen LogP contribution < -0.4 is 26.7 Å². The van der Waals surface area contributed by atoms with E-state index in [0.29, 0.717) is 44.9 Å². The van der Waals surface area contributed by atoms with Gasteiger partial charge in [-0.05, 0) is 109 Å². The van der Waals surface area contributed by atoms with Crippen molar-refractivity contribution in [3.8, 4) is 74.1 Å². The molecule has 286 valence electrons. The number of nitrogens with zero attached hydrogens (tertiary/aromatic N) is 4. The lowest BCUT2D eigenvalue weighted by Crippen LogP contribution is -1.95. The number of rotatable bonds is 8. The number of aromatic nitrogens is 4. The number of anilines is 3. The number of nitriles is 1. The van der Waals surface area contributed by atoms with Crippen LogP contribution in [0.15, 0.2) is 170 Å². The zero-order chi connectivity index (χ0) is 40.7. The first kappa shape index (κ1) is 37.8. The number of nitrogen functional groups attached to an aromatic ring is 3. The van der Waals surface area contributed by atoms with Crippen molar-refractivity contribution in [2.75, 3.05) is 17.2 Å². The number of H-pyrrole nitrogens is 1. The van der Waals surface area contributed by atoms with Crippen molar-refractivity contribution in [1.29, 1.82) is 5.26 Å². The first-order valence-electron chi connectivity index (χ1n) is 18.4. The van der Waals surface area contributed by atoms with Crippen LogP contribution in [0, 0.1) is 11.3 Å². The fourth-order valence-electron chi connectivity index (χ4n) is 6.32. The summed E-state index contributed by atoms with van der Waals surface area (Å²) >= 11 is 6.39. The zero-order valence-corrected chi connectivity index (χ0v) is 32.1. The van der Waals surface area contributed by atoms with Gasteiger partial charge in [0.05, 0.1) is 44.3 Å². The highest BCUT2D eigenvalue weighted by Crippen LogP contribution is 2.36. The fraction of sp³-hybridized carbons (Fsp3) is 0. The second-order valence-corrected chi connectivity index (χ2v) is 13.7. The molecule has 59 heavy (non-hydrogen) atoms. The third kappa shape index (κ3) is 8.66. The molecule has 6 aromatic carbocycles. The Hall–Kier alpha value is -8.13. The summed E-state index contributed by atoms with van der Waals surface area (Å²) in [5.74, 6) is 3.40. The number of nitrogens with one attached hydrogen (secondary N) is 1. The predicted molar refractivity (Wildman–Crippen MR) is 236 cm³/mol. The van der Waals surface area contributed by atoms with Gasteiger partial charge >= 0.3 is 0 Å². The molecule has 0 bridgehead atoms. The summed E-state index contributed by atoms with van der Waals surface area (Å²) in [6.45, 7) is 0. The van der Waals surface area contributed by atoms with Gasteiger partial charge in [0.1, 0.15) is 29.1 Å². The van der Waals surface area contributed by atoms with Gasteiger partial charge in [-0.3, -0.25) is 5.10 Å². The van der Waals surface area contributed by atoms with E-state index in [1.807, 2.05) is 152 Å². The maximum Gasteiger partial charge on any atom is 0.155 e. The molecule has 0 amide bonds. The molecule has 0 saturated carbocycles. The van der Waals surface area contributed by atoms with E-state index in [9.17, 15) is 5.26 Å². The van der Waals surface area contributed by atoms with E-state index in [4.69, 9.17) is 48.2 Å².